The lowest BCUT2D eigenvalue weighted by atomic mass is 9.87. The van der Waals surface area contributed by atoms with Gasteiger partial charge < -0.3 is 20.4 Å². The fraction of sp³-hybridized carbons (Fsp3) is 0.833. The Hall–Kier alpha value is -1.63. The Balaban J connectivity index is 1.77. The minimum Gasteiger partial charge on any atom is -0.353 e. The van der Waals surface area contributed by atoms with E-state index in [1.54, 1.807) is 0 Å². The average molecular weight is 352 g/mol. The van der Waals surface area contributed by atoms with Crippen molar-refractivity contribution >= 4 is 17.7 Å². The highest BCUT2D eigenvalue weighted by Gasteiger charge is 2.32. The van der Waals surface area contributed by atoms with Gasteiger partial charge >= 0.3 is 0 Å². The van der Waals surface area contributed by atoms with Crippen molar-refractivity contribution in [2.75, 3.05) is 39.3 Å². The summed E-state index contributed by atoms with van der Waals surface area (Å²) in [6.07, 6.45) is 1.74. The molecular formula is C18H32N4O3. The Morgan fingerprint density at radius 2 is 1.92 bits per heavy atom. The number of hydrogen-bond donors (Lipinski definition) is 2. The lowest BCUT2D eigenvalue weighted by Crippen LogP contribution is -2.52. The topological polar surface area (TPSA) is 81.8 Å². The number of hydrogen-bond acceptors (Lipinski definition) is 4. The first-order chi connectivity index (χ1) is 11.9. The molecule has 0 spiro atoms. The molecule has 2 N–H and O–H groups in total. The highest BCUT2D eigenvalue weighted by Crippen LogP contribution is 2.21. The van der Waals surface area contributed by atoms with Gasteiger partial charge in [0.15, 0.2) is 0 Å². The molecule has 2 atom stereocenters. The van der Waals surface area contributed by atoms with Crippen LogP contribution in [-0.2, 0) is 14.4 Å². The van der Waals surface area contributed by atoms with Crippen molar-refractivity contribution < 1.29 is 14.4 Å². The summed E-state index contributed by atoms with van der Waals surface area (Å²) in [6.45, 7) is 10.5. The zero-order valence-corrected chi connectivity index (χ0v) is 15.7. The van der Waals surface area contributed by atoms with E-state index < -0.39 is 0 Å². The van der Waals surface area contributed by atoms with Crippen molar-refractivity contribution in [1.29, 1.82) is 0 Å². The molecule has 7 nitrogen and oxygen atoms in total. The van der Waals surface area contributed by atoms with E-state index in [0.29, 0.717) is 25.4 Å². The van der Waals surface area contributed by atoms with Gasteiger partial charge in [-0.3, -0.25) is 14.4 Å². The summed E-state index contributed by atoms with van der Waals surface area (Å²) in [6, 6.07) is 0.0508. The molecule has 2 saturated heterocycles. The predicted molar refractivity (Wildman–Crippen MR) is 95.8 cm³/mol. The summed E-state index contributed by atoms with van der Waals surface area (Å²) < 4.78 is 0. The standard InChI is InChI=1S/C18H32N4O3/c1-4-21-5-7-22(8-6-21)17(24)12-19-18(25)14-10-15(9-13(2)3)20-16(23)11-14/h13-15H,4-12H2,1-3H3,(H,19,25)(H,20,23)/t14-,15-/m0/s1. The van der Waals surface area contributed by atoms with E-state index in [9.17, 15) is 14.4 Å². The van der Waals surface area contributed by atoms with E-state index in [1.807, 2.05) is 4.90 Å². The molecule has 0 bridgehead atoms. The van der Waals surface area contributed by atoms with E-state index in [-0.39, 0.29) is 42.6 Å². The van der Waals surface area contributed by atoms with Crippen LogP contribution in [0.4, 0.5) is 0 Å². The van der Waals surface area contributed by atoms with Gasteiger partial charge in [0.1, 0.15) is 0 Å². The van der Waals surface area contributed by atoms with Crippen LogP contribution in [0.5, 0.6) is 0 Å². The first-order valence-corrected chi connectivity index (χ1v) is 9.46. The summed E-state index contributed by atoms with van der Waals surface area (Å²) in [7, 11) is 0. The van der Waals surface area contributed by atoms with Crippen LogP contribution in [-0.4, -0.2) is 72.8 Å². The Labute approximate surface area is 150 Å². The second-order valence-corrected chi connectivity index (χ2v) is 7.56. The number of nitrogens with one attached hydrogen (secondary N) is 2. The number of piperidine rings is 1. The summed E-state index contributed by atoms with van der Waals surface area (Å²) in [5, 5.41) is 5.71. The molecule has 7 heteroatoms. The van der Waals surface area contributed by atoms with Crippen molar-refractivity contribution in [2.24, 2.45) is 11.8 Å². The number of likely N-dealkylation sites (N-methyl/N-ethyl adjacent to an activating group) is 1. The van der Waals surface area contributed by atoms with Crippen LogP contribution in [0.3, 0.4) is 0 Å². The summed E-state index contributed by atoms with van der Waals surface area (Å²) >= 11 is 0. The van der Waals surface area contributed by atoms with E-state index in [1.165, 1.54) is 0 Å². The molecule has 142 valence electrons. The third kappa shape index (κ3) is 5.99. The Kier molecular flexibility index (Phi) is 7.23. The first-order valence-electron chi connectivity index (χ1n) is 9.46. The Bertz CT molecular complexity index is 487. The normalized spacial score (nSPS) is 25.0. The fourth-order valence-electron chi connectivity index (χ4n) is 3.65. The van der Waals surface area contributed by atoms with Crippen LogP contribution in [0, 0.1) is 11.8 Å². The molecule has 2 heterocycles. The number of amides is 3. The lowest BCUT2D eigenvalue weighted by Gasteiger charge is -2.34. The van der Waals surface area contributed by atoms with Gasteiger partial charge in [-0.05, 0) is 25.3 Å². The van der Waals surface area contributed by atoms with Crippen LogP contribution in [0.15, 0.2) is 0 Å². The largest absolute Gasteiger partial charge is 0.353 e. The lowest BCUT2D eigenvalue weighted by molar-refractivity contribution is -0.137. The number of nitrogens with zero attached hydrogens (tertiary/aromatic N) is 2. The monoisotopic (exact) mass is 352 g/mol. The van der Waals surface area contributed by atoms with Crippen LogP contribution in [0.25, 0.3) is 0 Å². The van der Waals surface area contributed by atoms with Crippen molar-refractivity contribution in [3.05, 3.63) is 0 Å². The number of carbonyl (C=O) groups excluding carboxylic acids is 3. The molecule has 0 aromatic rings. The third-order valence-electron chi connectivity index (χ3n) is 5.08. The summed E-state index contributed by atoms with van der Waals surface area (Å²) in [5.74, 6) is -0.149. The molecule has 2 rings (SSSR count). The Morgan fingerprint density at radius 1 is 1.24 bits per heavy atom. The maximum absolute atomic E-state index is 12.4. The molecule has 0 aromatic heterocycles. The Morgan fingerprint density at radius 3 is 2.52 bits per heavy atom. The second-order valence-electron chi connectivity index (χ2n) is 7.56. The zero-order chi connectivity index (χ0) is 18.4. The summed E-state index contributed by atoms with van der Waals surface area (Å²) in [4.78, 5) is 40.6. The van der Waals surface area contributed by atoms with Crippen LogP contribution in [0.1, 0.15) is 40.0 Å². The van der Waals surface area contributed by atoms with Gasteiger partial charge in [-0.1, -0.05) is 20.8 Å². The maximum atomic E-state index is 12.4. The number of piperazine rings is 1. The minimum atomic E-state index is -0.331. The zero-order valence-electron chi connectivity index (χ0n) is 15.7. The highest BCUT2D eigenvalue weighted by molar-refractivity contribution is 5.89. The molecule has 0 radical (unpaired) electrons. The molecule has 2 aliphatic rings. The van der Waals surface area contributed by atoms with Gasteiger partial charge in [-0.2, -0.15) is 0 Å². The van der Waals surface area contributed by atoms with Crippen molar-refractivity contribution in [1.82, 2.24) is 20.4 Å². The van der Waals surface area contributed by atoms with Crippen molar-refractivity contribution in [3.8, 4) is 0 Å². The average Bonchev–Trinajstić information content (AvgIpc) is 2.58. The van der Waals surface area contributed by atoms with E-state index >= 15 is 0 Å². The molecule has 0 unspecified atom stereocenters. The molecule has 2 aliphatic heterocycles. The minimum absolute atomic E-state index is 0.0257. The smallest absolute Gasteiger partial charge is 0.242 e. The quantitative estimate of drug-likeness (QED) is 0.716. The predicted octanol–water partition coefficient (Wildman–Crippen LogP) is 0.208. The molecule has 2 fully saturated rings. The summed E-state index contributed by atoms with van der Waals surface area (Å²) in [5.41, 5.74) is 0. The van der Waals surface area contributed by atoms with E-state index in [4.69, 9.17) is 0 Å². The SMILES string of the molecule is CCN1CCN(C(=O)CNC(=O)[C@@H]2CC(=O)N[C@@H](CC(C)C)C2)CC1. The molecule has 3 amide bonds. The van der Waals surface area contributed by atoms with Crippen LogP contribution >= 0.6 is 0 Å². The molecule has 0 aliphatic carbocycles. The van der Waals surface area contributed by atoms with Gasteiger partial charge in [0, 0.05) is 44.6 Å². The molecule has 0 saturated carbocycles. The van der Waals surface area contributed by atoms with Gasteiger partial charge in [-0.25, -0.2) is 0 Å². The van der Waals surface area contributed by atoms with Crippen LogP contribution < -0.4 is 10.6 Å². The molecule has 25 heavy (non-hydrogen) atoms. The third-order valence-corrected chi connectivity index (χ3v) is 5.08. The number of carbonyl (C=O) groups is 3. The highest BCUT2D eigenvalue weighted by atomic mass is 16.2. The van der Waals surface area contributed by atoms with Gasteiger partial charge in [0.2, 0.25) is 17.7 Å². The van der Waals surface area contributed by atoms with Crippen molar-refractivity contribution in [2.45, 2.75) is 46.1 Å². The number of rotatable bonds is 6. The fourth-order valence-corrected chi connectivity index (χ4v) is 3.65. The van der Waals surface area contributed by atoms with Crippen molar-refractivity contribution in [3.63, 3.8) is 0 Å². The molecule has 0 aromatic carbocycles. The molecular weight excluding hydrogens is 320 g/mol. The van der Waals surface area contributed by atoms with E-state index in [2.05, 4.69) is 36.3 Å². The maximum Gasteiger partial charge on any atom is 0.242 e. The first kappa shape index (κ1) is 19.7. The van der Waals surface area contributed by atoms with Crippen LogP contribution in [0.2, 0.25) is 0 Å². The second kappa shape index (κ2) is 9.17. The van der Waals surface area contributed by atoms with Gasteiger partial charge in [0.25, 0.3) is 0 Å². The van der Waals surface area contributed by atoms with Gasteiger partial charge in [-0.15, -0.1) is 0 Å². The van der Waals surface area contributed by atoms with Gasteiger partial charge in [0.05, 0.1) is 6.54 Å². The van der Waals surface area contributed by atoms with E-state index in [0.717, 1.165) is 26.1 Å².